The molecule has 2 aromatic carbocycles. The van der Waals surface area contributed by atoms with Crippen LogP contribution in [0.2, 0.25) is 0 Å². The molecule has 5 rings (SSSR count). The quantitative estimate of drug-likeness (QED) is 0.314. The number of nitrogens with one attached hydrogen (secondary N) is 1. The Kier molecular flexibility index (Phi) is 6.45. The van der Waals surface area contributed by atoms with Gasteiger partial charge in [-0.2, -0.15) is 0 Å². The Morgan fingerprint density at radius 2 is 1.79 bits per heavy atom. The van der Waals surface area contributed by atoms with E-state index in [0.717, 1.165) is 18.4 Å². The van der Waals surface area contributed by atoms with Gasteiger partial charge in [-0.15, -0.1) is 0 Å². The first-order chi connectivity index (χ1) is 18.1. The van der Waals surface area contributed by atoms with Gasteiger partial charge in [-0.05, 0) is 42.5 Å². The molecule has 0 aliphatic carbocycles. The maximum Gasteiger partial charge on any atom is 0.274 e. The molecule has 0 saturated heterocycles. The number of aromatic nitrogens is 3. The van der Waals surface area contributed by atoms with Gasteiger partial charge in [0.15, 0.2) is 21.4 Å². The van der Waals surface area contributed by atoms with Crippen molar-refractivity contribution in [2.45, 2.75) is 11.5 Å². The number of ether oxygens (including phenoxy) is 2. The monoisotopic (exact) mass is 537 g/mol. The van der Waals surface area contributed by atoms with Crippen LogP contribution >= 0.6 is 0 Å². The van der Waals surface area contributed by atoms with E-state index in [1.807, 2.05) is 0 Å². The van der Waals surface area contributed by atoms with E-state index in [4.69, 9.17) is 9.47 Å². The van der Waals surface area contributed by atoms with Crippen molar-refractivity contribution in [3.8, 4) is 28.5 Å². The third-order valence-electron chi connectivity index (χ3n) is 5.82. The van der Waals surface area contributed by atoms with Crippen LogP contribution in [0.15, 0.2) is 82.7 Å². The van der Waals surface area contributed by atoms with Crippen molar-refractivity contribution in [2.24, 2.45) is 7.05 Å². The summed E-state index contributed by atoms with van der Waals surface area (Å²) >= 11 is 0. The number of fused-ring (bicyclic) bond motifs is 1. The van der Waals surface area contributed by atoms with Crippen LogP contribution in [0.5, 0.6) is 17.4 Å². The topological polar surface area (TPSA) is 103 Å². The molecule has 0 spiro atoms. The van der Waals surface area contributed by atoms with E-state index in [1.165, 1.54) is 29.0 Å². The number of hydrogen-bond acceptors (Lipinski definition) is 6. The zero-order valence-electron chi connectivity index (χ0n) is 20.2. The molecule has 38 heavy (non-hydrogen) atoms. The largest absolute Gasteiger partial charge is 0.471 e. The minimum atomic E-state index is -3.62. The third-order valence-corrected chi connectivity index (χ3v) is 6.93. The van der Waals surface area contributed by atoms with E-state index in [2.05, 4.69) is 9.97 Å². The number of halogens is 2. The third kappa shape index (κ3) is 5.00. The summed E-state index contributed by atoms with van der Waals surface area (Å²) in [4.78, 5) is 20.1. The van der Waals surface area contributed by atoms with E-state index in [0.29, 0.717) is 28.6 Å². The summed E-state index contributed by atoms with van der Waals surface area (Å²) in [5.74, 6) is -1.44. The van der Waals surface area contributed by atoms with Crippen molar-refractivity contribution in [1.82, 2.24) is 14.5 Å². The van der Waals surface area contributed by atoms with Crippen LogP contribution in [0.1, 0.15) is 5.69 Å². The minimum Gasteiger partial charge on any atom is -0.471 e. The van der Waals surface area contributed by atoms with Gasteiger partial charge in [0.05, 0.1) is 10.6 Å². The zero-order chi connectivity index (χ0) is 27.0. The average molecular weight is 538 g/mol. The van der Waals surface area contributed by atoms with Gasteiger partial charge in [-0.1, -0.05) is 6.07 Å². The summed E-state index contributed by atoms with van der Waals surface area (Å²) < 4.78 is 65.4. The fourth-order valence-corrected chi connectivity index (χ4v) is 4.63. The molecular formula is C27H21F2N3O5S. The van der Waals surface area contributed by atoms with Crippen LogP contribution in [-0.2, 0) is 23.5 Å². The molecule has 194 valence electrons. The van der Waals surface area contributed by atoms with Gasteiger partial charge in [-0.3, -0.25) is 4.79 Å². The predicted octanol–water partition coefficient (Wildman–Crippen LogP) is 4.98. The Hall–Kier alpha value is -4.51. The number of aromatic amines is 1. The van der Waals surface area contributed by atoms with E-state index in [9.17, 15) is 22.0 Å². The highest BCUT2D eigenvalue weighted by atomic mass is 32.2. The lowest BCUT2D eigenvalue weighted by Gasteiger charge is -2.15. The zero-order valence-corrected chi connectivity index (χ0v) is 21.1. The van der Waals surface area contributed by atoms with E-state index in [1.54, 1.807) is 37.5 Å². The van der Waals surface area contributed by atoms with E-state index < -0.39 is 21.5 Å². The van der Waals surface area contributed by atoms with Gasteiger partial charge < -0.3 is 19.0 Å². The summed E-state index contributed by atoms with van der Waals surface area (Å²) in [6.07, 6.45) is 4.19. The Bertz CT molecular complexity index is 1830. The first kappa shape index (κ1) is 25.2. The van der Waals surface area contributed by atoms with Crippen LogP contribution < -0.4 is 15.0 Å². The summed E-state index contributed by atoms with van der Waals surface area (Å²) in [6, 6.07) is 13.9. The normalized spacial score (nSPS) is 11.6. The van der Waals surface area contributed by atoms with Crippen LogP contribution in [0.3, 0.4) is 0 Å². The van der Waals surface area contributed by atoms with Gasteiger partial charge in [0.1, 0.15) is 23.7 Å². The predicted molar refractivity (Wildman–Crippen MR) is 137 cm³/mol. The number of H-pyrrole nitrogens is 1. The van der Waals surface area contributed by atoms with Gasteiger partial charge >= 0.3 is 0 Å². The standard InChI is InChI=1S/C27H21F2N3O5S/c1-32-14-21(20-12-17(31-26(20)27(32)33)15-36-25-5-3-4-10-30-25)19-13-18(38(2,34)35)7-9-23(19)37-24-8-6-16(28)11-22(24)29/h3-14,31H,15H2,1-2H3. The molecule has 11 heteroatoms. The highest BCUT2D eigenvalue weighted by Gasteiger charge is 2.20. The molecule has 3 heterocycles. The molecule has 0 atom stereocenters. The molecule has 3 aromatic heterocycles. The fraction of sp³-hybridized carbons (Fsp3) is 0.111. The lowest BCUT2D eigenvalue weighted by atomic mass is 10.0. The Labute approximate surface area is 216 Å². The molecular weight excluding hydrogens is 516 g/mol. The van der Waals surface area contributed by atoms with E-state index >= 15 is 0 Å². The summed E-state index contributed by atoms with van der Waals surface area (Å²) in [7, 11) is -2.07. The summed E-state index contributed by atoms with van der Waals surface area (Å²) in [5, 5.41) is 0.475. The SMILES string of the molecule is Cn1cc(-c2cc(S(C)(=O)=O)ccc2Oc2ccc(F)cc2F)c2cc(COc3ccccn3)[nH]c2c1=O. The smallest absolute Gasteiger partial charge is 0.274 e. The Morgan fingerprint density at radius 1 is 1.00 bits per heavy atom. The molecule has 0 bridgehead atoms. The van der Waals surface area contributed by atoms with Crippen molar-refractivity contribution in [1.29, 1.82) is 0 Å². The lowest BCUT2D eigenvalue weighted by Crippen LogP contribution is -2.16. The maximum absolute atomic E-state index is 14.4. The molecule has 0 unspecified atom stereocenters. The maximum atomic E-state index is 14.4. The molecule has 0 aliphatic heterocycles. The van der Waals surface area contributed by atoms with Crippen molar-refractivity contribution in [2.75, 3.05) is 6.26 Å². The molecule has 0 radical (unpaired) electrons. The van der Waals surface area contributed by atoms with Crippen molar-refractivity contribution in [3.05, 3.63) is 101 Å². The molecule has 0 aliphatic rings. The second-order valence-electron chi connectivity index (χ2n) is 8.61. The molecule has 1 N–H and O–H groups in total. The van der Waals surface area contributed by atoms with Crippen LogP contribution in [0.4, 0.5) is 8.78 Å². The summed E-state index contributed by atoms with van der Waals surface area (Å²) in [5.41, 5.74) is 1.24. The lowest BCUT2D eigenvalue weighted by molar-refractivity contribution is 0.290. The molecule has 8 nitrogen and oxygen atoms in total. The number of pyridine rings is 2. The highest BCUT2D eigenvalue weighted by Crippen LogP contribution is 2.39. The number of benzene rings is 2. The van der Waals surface area contributed by atoms with Crippen LogP contribution in [0.25, 0.3) is 22.0 Å². The van der Waals surface area contributed by atoms with Crippen molar-refractivity contribution < 1.29 is 26.7 Å². The van der Waals surface area contributed by atoms with Crippen molar-refractivity contribution >= 4 is 20.7 Å². The second kappa shape index (κ2) is 9.75. The number of nitrogens with zero attached hydrogens (tertiary/aromatic N) is 2. The van der Waals surface area contributed by atoms with Gasteiger partial charge in [-0.25, -0.2) is 22.2 Å². The number of sulfone groups is 1. The minimum absolute atomic E-state index is 0.00400. The number of hydrogen-bond donors (Lipinski definition) is 1. The van der Waals surface area contributed by atoms with Gasteiger partial charge in [0.2, 0.25) is 5.88 Å². The van der Waals surface area contributed by atoms with Crippen LogP contribution in [-0.4, -0.2) is 29.2 Å². The molecule has 5 aromatic rings. The van der Waals surface area contributed by atoms with E-state index in [-0.39, 0.29) is 39.6 Å². The number of rotatable bonds is 7. The highest BCUT2D eigenvalue weighted by molar-refractivity contribution is 7.90. The fourth-order valence-electron chi connectivity index (χ4n) is 3.98. The first-order valence-electron chi connectivity index (χ1n) is 11.3. The molecule has 0 fully saturated rings. The van der Waals surface area contributed by atoms with Gasteiger partial charge in [0, 0.05) is 54.3 Å². The first-order valence-corrected chi connectivity index (χ1v) is 13.2. The van der Waals surface area contributed by atoms with Crippen LogP contribution in [0, 0.1) is 11.6 Å². The molecule has 0 saturated carbocycles. The number of aryl methyl sites for hydroxylation is 1. The van der Waals surface area contributed by atoms with Crippen molar-refractivity contribution in [3.63, 3.8) is 0 Å². The average Bonchev–Trinajstić information content (AvgIpc) is 3.31. The Morgan fingerprint density at radius 3 is 2.50 bits per heavy atom. The second-order valence-corrected chi connectivity index (χ2v) is 10.6. The summed E-state index contributed by atoms with van der Waals surface area (Å²) in [6.45, 7) is 0.0851. The Balaban J connectivity index is 1.66. The van der Waals surface area contributed by atoms with Gasteiger partial charge in [0.25, 0.3) is 5.56 Å². The molecule has 0 amide bonds.